The van der Waals surface area contributed by atoms with Gasteiger partial charge in [0.1, 0.15) is 0 Å². The molecule has 0 saturated heterocycles. The highest BCUT2D eigenvalue weighted by molar-refractivity contribution is 6.04. The molecule has 60 valence electrons. The number of carbonyl (C=O) groups is 2. The molecule has 0 aromatic carbocycles. The van der Waals surface area contributed by atoms with Gasteiger partial charge in [-0.25, -0.2) is 0 Å². The highest BCUT2D eigenvalue weighted by Crippen LogP contribution is 2.21. The minimum atomic E-state index is -0.271. The van der Waals surface area contributed by atoms with Gasteiger partial charge in [0.15, 0.2) is 5.78 Å². The van der Waals surface area contributed by atoms with Crippen molar-refractivity contribution in [2.75, 3.05) is 0 Å². The van der Waals surface area contributed by atoms with Gasteiger partial charge in [0.05, 0.1) is 5.92 Å². The van der Waals surface area contributed by atoms with E-state index in [9.17, 15) is 9.59 Å². The second-order valence-electron chi connectivity index (χ2n) is 2.73. The third kappa shape index (κ3) is 0.993. The predicted molar refractivity (Wildman–Crippen MR) is 43.0 cm³/mol. The second kappa shape index (κ2) is 2.44. The maximum Gasteiger partial charge on any atom is 0.235 e. The molecule has 3 nitrogen and oxygen atoms in total. The average molecular weight is 161 g/mol. The first kappa shape index (κ1) is 7.03. The Labute approximate surface area is 69.5 Å². The van der Waals surface area contributed by atoms with Gasteiger partial charge in [-0.1, -0.05) is 6.08 Å². The van der Waals surface area contributed by atoms with Crippen LogP contribution in [0.1, 0.15) is 0 Å². The Hall–Kier alpha value is -1.64. The van der Waals surface area contributed by atoms with E-state index >= 15 is 0 Å². The summed E-state index contributed by atoms with van der Waals surface area (Å²) < 4.78 is 0. The fraction of sp³-hybridized carbons (Fsp3) is 0.111. The van der Waals surface area contributed by atoms with Gasteiger partial charge in [-0.05, 0) is 23.8 Å². The average Bonchev–Trinajstić information content (AvgIpc) is 2.04. The van der Waals surface area contributed by atoms with Crippen LogP contribution in [-0.2, 0) is 9.59 Å². The smallest absolute Gasteiger partial charge is 0.235 e. The molecule has 1 amide bonds. The monoisotopic (exact) mass is 161 g/mol. The lowest BCUT2D eigenvalue weighted by Gasteiger charge is -2.19. The zero-order valence-corrected chi connectivity index (χ0v) is 6.28. The van der Waals surface area contributed by atoms with E-state index in [1.807, 2.05) is 0 Å². The van der Waals surface area contributed by atoms with E-state index in [0.29, 0.717) is 0 Å². The molecule has 1 unspecified atom stereocenters. The molecular formula is C9H7NO2. The van der Waals surface area contributed by atoms with Gasteiger partial charge < -0.3 is 5.32 Å². The number of hydrogen-bond donors (Lipinski definition) is 1. The quantitative estimate of drug-likeness (QED) is 0.555. The summed E-state index contributed by atoms with van der Waals surface area (Å²) in [6, 6.07) is 0. The Morgan fingerprint density at radius 3 is 2.92 bits per heavy atom. The van der Waals surface area contributed by atoms with E-state index in [-0.39, 0.29) is 17.6 Å². The second-order valence-corrected chi connectivity index (χ2v) is 2.73. The van der Waals surface area contributed by atoms with Crippen LogP contribution in [0.25, 0.3) is 0 Å². The molecule has 12 heavy (non-hydrogen) atoms. The Bertz CT molecular complexity index is 336. The Balaban J connectivity index is 2.42. The molecule has 1 atom stereocenters. The molecule has 1 N–H and O–H groups in total. The molecule has 0 saturated carbocycles. The van der Waals surface area contributed by atoms with Crippen LogP contribution in [0, 0.1) is 5.92 Å². The van der Waals surface area contributed by atoms with Crippen LogP contribution >= 0.6 is 0 Å². The number of ketones is 1. The number of fused-ring (bicyclic) bond motifs is 1. The summed E-state index contributed by atoms with van der Waals surface area (Å²) >= 11 is 0. The lowest BCUT2D eigenvalue weighted by atomic mass is 9.90. The fourth-order valence-electron chi connectivity index (χ4n) is 1.30. The maximum absolute atomic E-state index is 11.2. The molecular weight excluding hydrogens is 154 g/mol. The minimum absolute atomic E-state index is 0.0550. The summed E-state index contributed by atoms with van der Waals surface area (Å²) in [6.45, 7) is 0. The van der Waals surface area contributed by atoms with Crippen molar-refractivity contribution < 1.29 is 9.59 Å². The first-order chi connectivity index (χ1) is 5.77. The van der Waals surface area contributed by atoms with Gasteiger partial charge in [-0.3, -0.25) is 9.59 Å². The molecule has 2 aliphatic rings. The van der Waals surface area contributed by atoms with Crippen molar-refractivity contribution in [2.45, 2.75) is 0 Å². The summed E-state index contributed by atoms with van der Waals surface area (Å²) in [6.07, 6.45) is 7.83. The normalized spacial score (nSPS) is 26.3. The summed E-state index contributed by atoms with van der Waals surface area (Å²) in [5, 5.41) is 2.57. The first-order valence-corrected chi connectivity index (χ1v) is 3.68. The maximum atomic E-state index is 11.2. The Morgan fingerprint density at radius 1 is 1.25 bits per heavy atom. The number of nitrogens with one attached hydrogen (secondary N) is 1. The zero-order valence-electron chi connectivity index (χ0n) is 6.28. The van der Waals surface area contributed by atoms with Gasteiger partial charge in [-0.15, -0.1) is 0 Å². The first-order valence-electron chi connectivity index (χ1n) is 3.68. The number of rotatable bonds is 0. The van der Waals surface area contributed by atoms with Crippen LogP contribution in [0.5, 0.6) is 0 Å². The van der Waals surface area contributed by atoms with E-state index in [2.05, 4.69) is 5.32 Å². The van der Waals surface area contributed by atoms with Gasteiger partial charge in [0, 0.05) is 6.20 Å². The molecule has 3 heteroatoms. The fourth-order valence-corrected chi connectivity index (χ4v) is 1.30. The number of allylic oxidation sites excluding steroid dienone is 3. The Kier molecular flexibility index (Phi) is 1.43. The van der Waals surface area contributed by atoms with Crippen molar-refractivity contribution in [3.8, 4) is 0 Å². The van der Waals surface area contributed by atoms with Gasteiger partial charge >= 0.3 is 0 Å². The predicted octanol–water partition coefficient (Wildman–Crippen LogP) is 0.311. The molecule has 0 radical (unpaired) electrons. The lowest BCUT2D eigenvalue weighted by molar-refractivity contribution is -0.121. The van der Waals surface area contributed by atoms with Crippen LogP contribution in [0.2, 0.25) is 0 Å². The van der Waals surface area contributed by atoms with E-state index in [1.54, 1.807) is 18.4 Å². The Morgan fingerprint density at radius 2 is 2.08 bits per heavy atom. The lowest BCUT2D eigenvalue weighted by Crippen LogP contribution is -2.31. The minimum Gasteiger partial charge on any atom is -0.332 e. The third-order valence-electron chi connectivity index (χ3n) is 1.90. The highest BCUT2D eigenvalue weighted by atomic mass is 16.2. The van der Waals surface area contributed by atoms with Crippen molar-refractivity contribution in [2.24, 2.45) is 5.92 Å². The number of amides is 1. The van der Waals surface area contributed by atoms with Crippen molar-refractivity contribution in [3.63, 3.8) is 0 Å². The molecule has 0 spiro atoms. The standard InChI is InChI=1S/C9H7NO2/c11-7-1-2-8-6(5-7)3-4-10-9(8)12/h1-5,8H,(H,10,12). The van der Waals surface area contributed by atoms with Gasteiger partial charge in [-0.2, -0.15) is 0 Å². The molecule has 0 aromatic heterocycles. The van der Waals surface area contributed by atoms with Crippen molar-refractivity contribution >= 4 is 11.7 Å². The molecule has 1 heterocycles. The van der Waals surface area contributed by atoms with Crippen LogP contribution in [0.3, 0.4) is 0 Å². The van der Waals surface area contributed by atoms with Crippen LogP contribution in [0.15, 0.2) is 36.1 Å². The van der Waals surface area contributed by atoms with Crippen molar-refractivity contribution in [3.05, 3.63) is 36.1 Å². The van der Waals surface area contributed by atoms with Crippen LogP contribution < -0.4 is 5.32 Å². The third-order valence-corrected chi connectivity index (χ3v) is 1.90. The van der Waals surface area contributed by atoms with E-state index < -0.39 is 0 Å². The summed E-state index contributed by atoms with van der Waals surface area (Å²) in [7, 11) is 0. The topological polar surface area (TPSA) is 46.2 Å². The summed E-state index contributed by atoms with van der Waals surface area (Å²) in [5.74, 6) is -0.402. The van der Waals surface area contributed by atoms with Crippen molar-refractivity contribution in [1.29, 1.82) is 0 Å². The van der Waals surface area contributed by atoms with E-state index in [0.717, 1.165) is 5.57 Å². The van der Waals surface area contributed by atoms with Crippen LogP contribution in [0.4, 0.5) is 0 Å². The molecule has 0 bridgehead atoms. The summed E-state index contributed by atoms with van der Waals surface area (Å²) in [4.78, 5) is 22.1. The van der Waals surface area contributed by atoms with E-state index in [4.69, 9.17) is 0 Å². The van der Waals surface area contributed by atoms with Gasteiger partial charge in [0.25, 0.3) is 0 Å². The molecule has 1 aliphatic heterocycles. The molecule has 0 aromatic rings. The SMILES string of the molecule is O=C1C=CC2C(=O)NC=CC2=C1. The highest BCUT2D eigenvalue weighted by Gasteiger charge is 2.23. The van der Waals surface area contributed by atoms with Crippen molar-refractivity contribution in [1.82, 2.24) is 5.32 Å². The van der Waals surface area contributed by atoms with Gasteiger partial charge in [0.2, 0.25) is 5.91 Å². The molecule has 0 fully saturated rings. The molecule has 2 rings (SSSR count). The zero-order chi connectivity index (χ0) is 8.55. The molecule has 1 aliphatic carbocycles. The summed E-state index contributed by atoms with van der Waals surface area (Å²) in [5.41, 5.74) is 0.770. The van der Waals surface area contributed by atoms with Crippen LogP contribution in [-0.4, -0.2) is 11.7 Å². The van der Waals surface area contributed by atoms with E-state index in [1.165, 1.54) is 12.2 Å². The largest absolute Gasteiger partial charge is 0.332 e. The number of hydrogen-bond acceptors (Lipinski definition) is 2. The number of carbonyl (C=O) groups excluding carboxylic acids is 2.